The standard InChI is InChI=1S/C40H73N3O12/c1-34(44)32-55-33-38(47)42-25-19-27-53-29-31-54-30-28-52-26-18-24-41-36(45)23-22-35(40(50)51)43-37(46)20-16-14-12-10-8-6-4-2-3-5-7-9-11-13-15-17-21-39(48)49/h35H,2-33H2,1H3,(H,41,45)(H,42,47)(H,43,46)(H,48,49)(H,50,51)/t35-/m0/s1. The minimum atomic E-state index is -1.15. The number of amides is 3. The normalized spacial score (nSPS) is 11.6. The summed E-state index contributed by atoms with van der Waals surface area (Å²) in [5, 5.41) is 26.1. The Morgan fingerprint density at radius 2 is 0.873 bits per heavy atom. The summed E-state index contributed by atoms with van der Waals surface area (Å²) >= 11 is 0. The fourth-order valence-corrected chi connectivity index (χ4v) is 5.61. The zero-order chi connectivity index (χ0) is 40.6. The molecule has 0 unspecified atom stereocenters. The summed E-state index contributed by atoms with van der Waals surface area (Å²) in [6, 6.07) is -1.10. The first kappa shape index (κ1) is 51.9. The number of carboxylic acids is 2. The maximum absolute atomic E-state index is 12.3. The summed E-state index contributed by atoms with van der Waals surface area (Å²) in [7, 11) is 0. The van der Waals surface area contributed by atoms with Crippen LogP contribution in [0.3, 0.4) is 0 Å². The third-order valence-electron chi connectivity index (χ3n) is 8.70. The highest BCUT2D eigenvalue weighted by atomic mass is 16.5. The highest BCUT2D eigenvalue weighted by Crippen LogP contribution is 2.14. The first-order chi connectivity index (χ1) is 26.6. The number of rotatable bonds is 42. The number of ether oxygens (including phenoxy) is 4. The van der Waals surface area contributed by atoms with Crippen LogP contribution in [-0.2, 0) is 47.7 Å². The molecular weight excluding hydrogens is 714 g/mol. The number of ketones is 1. The molecule has 0 rings (SSSR count). The van der Waals surface area contributed by atoms with Gasteiger partial charge in [0, 0.05) is 45.6 Å². The molecule has 5 N–H and O–H groups in total. The molecule has 15 nitrogen and oxygen atoms in total. The third kappa shape index (κ3) is 40.3. The predicted molar refractivity (Wildman–Crippen MR) is 209 cm³/mol. The molecule has 15 heteroatoms. The van der Waals surface area contributed by atoms with Crippen molar-refractivity contribution in [1.82, 2.24) is 16.0 Å². The van der Waals surface area contributed by atoms with Crippen molar-refractivity contribution in [1.29, 1.82) is 0 Å². The van der Waals surface area contributed by atoms with Gasteiger partial charge in [-0.3, -0.25) is 24.0 Å². The van der Waals surface area contributed by atoms with Gasteiger partial charge >= 0.3 is 11.9 Å². The summed E-state index contributed by atoms with van der Waals surface area (Å²) < 4.78 is 21.3. The molecule has 0 aromatic carbocycles. The SMILES string of the molecule is CC(=O)COCC(=O)NCCCOCCOCCOCCCNC(=O)CC[C@H](NC(=O)CCCCCCCCCCCCCCCCCCC(=O)O)C(=O)O. The van der Waals surface area contributed by atoms with Gasteiger partial charge < -0.3 is 45.1 Å². The van der Waals surface area contributed by atoms with Crippen molar-refractivity contribution in [3.05, 3.63) is 0 Å². The van der Waals surface area contributed by atoms with Crippen LogP contribution in [0.25, 0.3) is 0 Å². The van der Waals surface area contributed by atoms with Crippen molar-refractivity contribution in [2.45, 2.75) is 154 Å². The van der Waals surface area contributed by atoms with Crippen LogP contribution in [0, 0.1) is 0 Å². The van der Waals surface area contributed by atoms with E-state index in [0.29, 0.717) is 72.0 Å². The highest BCUT2D eigenvalue weighted by molar-refractivity contribution is 5.84. The van der Waals surface area contributed by atoms with Crippen molar-refractivity contribution in [2.75, 3.05) is 65.9 Å². The first-order valence-corrected chi connectivity index (χ1v) is 20.7. The van der Waals surface area contributed by atoms with Gasteiger partial charge in [0.15, 0.2) is 5.78 Å². The van der Waals surface area contributed by atoms with E-state index in [2.05, 4.69) is 16.0 Å². The number of aliphatic carboxylic acids is 2. The van der Waals surface area contributed by atoms with Crippen molar-refractivity contribution in [3.63, 3.8) is 0 Å². The Hall–Kier alpha value is -3.14. The topological polar surface area (TPSA) is 216 Å². The number of carbonyl (C=O) groups is 6. The van der Waals surface area contributed by atoms with E-state index in [0.717, 1.165) is 38.5 Å². The molecule has 0 aromatic rings. The Morgan fingerprint density at radius 3 is 1.31 bits per heavy atom. The zero-order valence-corrected chi connectivity index (χ0v) is 33.7. The molecule has 55 heavy (non-hydrogen) atoms. The molecule has 0 aliphatic heterocycles. The molecule has 0 radical (unpaired) electrons. The van der Waals surface area contributed by atoms with Gasteiger partial charge in [0.05, 0.1) is 26.4 Å². The maximum Gasteiger partial charge on any atom is 0.326 e. The van der Waals surface area contributed by atoms with Gasteiger partial charge in [0.25, 0.3) is 0 Å². The van der Waals surface area contributed by atoms with E-state index < -0.39 is 18.0 Å². The van der Waals surface area contributed by atoms with Gasteiger partial charge in [-0.05, 0) is 39.0 Å². The smallest absolute Gasteiger partial charge is 0.326 e. The number of unbranched alkanes of at least 4 members (excludes halogenated alkanes) is 15. The van der Waals surface area contributed by atoms with Gasteiger partial charge in [-0.15, -0.1) is 0 Å². The van der Waals surface area contributed by atoms with Gasteiger partial charge in [-0.2, -0.15) is 0 Å². The Kier molecular flexibility index (Phi) is 36.9. The Bertz CT molecular complexity index is 1010. The average molecular weight is 788 g/mol. The van der Waals surface area contributed by atoms with Crippen LogP contribution >= 0.6 is 0 Å². The molecule has 0 aliphatic carbocycles. The van der Waals surface area contributed by atoms with E-state index in [1.165, 1.54) is 64.7 Å². The predicted octanol–water partition coefficient (Wildman–Crippen LogP) is 5.11. The average Bonchev–Trinajstić information content (AvgIpc) is 3.13. The number of hydrogen-bond acceptors (Lipinski definition) is 10. The lowest BCUT2D eigenvalue weighted by atomic mass is 10.0. The summed E-state index contributed by atoms with van der Waals surface area (Å²) in [5.41, 5.74) is 0. The highest BCUT2D eigenvalue weighted by Gasteiger charge is 2.20. The van der Waals surface area contributed by atoms with Crippen molar-refractivity contribution >= 4 is 35.4 Å². The summed E-state index contributed by atoms with van der Waals surface area (Å²) in [5.74, 6) is -2.83. The summed E-state index contributed by atoms with van der Waals surface area (Å²) in [6.45, 7) is 4.55. The van der Waals surface area contributed by atoms with E-state index in [1.54, 1.807) is 0 Å². The van der Waals surface area contributed by atoms with Crippen molar-refractivity contribution in [2.24, 2.45) is 0 Å². The minimum absolute atomic E-state index is 0.00257. The molecular formula is C40H73N3O12. The number of Topliss-reactive ketones (excluding diaryl/α,β-unsaturated/α-hetero) is 1. The second kappa shape index (κ2) is 39.1. The van der Waals surface area contributed by atoms with Crippen molar-refractivity contribution in [3.8, 4) is 0 Å². The van der Waals surface area contributed by atoms with Crippen LogP contribution in [0.15, 0.2) is 0 Å². The minimum Gasteiger partial charge on any atom is -0.481 e. The second-order valence-electron chi connectivity index (χ2n) is 14.0. The van der Waals surface area contributed by atoms with E-state index in [-0.39, 0.29) is 62.4 Å². The van der Waals surface area contributed by atoms with Crippen LogP contribution in [0.1, 0.15) is 148 Å². The Balaban J connectivity index is 3.58. The molecule has 0 aliphatic rings. The van der Waals surface area contributed by atoms with Crippen LogP contribution in [0.4, 0.5) is 0 Å². The number of nitrogens with one attached hydrogen (secondary N) is 3. The largest absolute Gasteiger partial charge is 0.481 e. The fraction of sp³-hybridized carbons (Fsp3) is 0.850. The summed E-state index contributed by atoms with van der Waals surface area (Å²) in [4.78, 5) is 68.9. The molecule has 0 aromatic heterocycles. The number of hydrogen-bond donors (Lipinski definition) is 5. The lowest BCUT2D eigenvalue weighted by Gasteiger charge is -2.14. The van der Waals surface area contributed by atoms with Gasteiger partial charge in [0.2, 0.25) is 17.7 Å². The van der Waals surface area contributed by atoms with E-state index in [9.17, 15) is 33.9 Å². The van der Waals surface area contributed by atoms with Crippen LogP contribution < -0.4 is 16.0 Å². The molecule has 3 amide bonds. The van der Waals surface area contributed by atoms with Crippen LogP contribution in [0.5, 0.6) is 0 Å². The summed E-state index contributed by atoms with van der Waals surface area (Å²) in [6.07, 6.45) is 19.8. The lowest BCUT2D eigenvalue weighted by Crippen LogP contribution is -2.41. The number of carboxylic acid groups (broad SMARTS) is 2. The lowest BCUT2D eigenvalue weighted by molar-refractivity contribution is -0.142. The molecule has 0 saturated heterocycles. The Morgan fingerprint density at radius 1 is 0.455 bits per heavy atom. The third-order valence-corrected chi connectivity index (χ3v) is 8.70. The zero-order valence-electron chi connectivity index (χ0n) is 33.7. The molecule has 1 atom stereocenters. The van der Waals surface area contributed by atoms with Crippen LogP contribution in [0.2, 0.25) is 0 Å². The van der Waals surface area contributed by atoms with E-state index in [1.807, 2.05) is 0 Å². The molecule has 0 spiro atoms. The van der Waals surface area contributed by atoms with Gasteiger partial charge in [-0.1, -0.05) is 89.9 Å². The maximum atomic E-state index is 12.3. The second-order valence-corrected chi connectivity index (χ2v) is 14.0. The monoisotopic (exact) mass is 788 g/mol. The number of carbonyl (C=O) groups excluding carboxylic acids is 4. The molecule has 0 heterocycles. The molecule has 0 saturated carbocycles. The fourth-order valence-electron chi connectivity index (χ4n) is 5.61. The van der Waals surface area contributed by atoms with E-state index >= 15 is 0 Å². The molecule has 320 valence electrons. The quantitative estimate of drug-likeness (QED) is 0.0511. The first-order valence-electron chi connectivity index (χ1n) is 20.7. The van der Waals surface area contributed by atoms with E-state index in [4.69, 9.17) is 24.1 Å². The van der Waals surface area contributed by atoms with Gasteiger partial charge in [-0.25, -0.2) is 4.79 Å². The van der Waals surface area contributed by atoms with Crippen molar-refractivity contribution < 1.29 is 57.9 Å². The van der Waals surface area contributed by atoms with Gasteiger partial charge in [0.1, 0.15) is 19.3 Å². The molecule has 0 bridgehead atoms. The van der Waals surface area contributed by atoms with Crippen LogP contribution in [-0.4, -0.2) is 118 Å². The Labute approximate surface area is 329 Å². The molecule has 0 fully saturated rings.